The maximum Gasteiger partial charge on any atom is 0.238 e. The summed E-state index contributed by atoms with van der Waals surface area (Å²) in [4.78, 5) is 4.52. The number of hydrogen-bond donors (Lipinski definition) is 0. The number of hydrogen-bond acceptors (Lipinski definition) is 2. The summed E-state index contributed by atoms with van der Waals surface area (Å²) in [5.41, 5.74) is 7.04. The minimum Gasteiger partial charge on any atom is -0.476 e. The Labute approximate surface area is 182 Å². The number of nitrogens with zero attached hydrogens (tertiary/aromatic N) is 2. The molecule has 4 aromatic rings. The Morgan fingerprint density at radius 3 is 2.27 bits per heavy atom. The van der Waals surface area contributed by atoms with E-state index in [2.05, 4.69) is 60.7 Å². The summed E-state index contributed by atoms with van der Waals surface area (Å²) in [5.74, 6) is 0.425. The van der Waals surface area contributed by atoms with Crippen LogP contribution in [-0.4, -0.2) is 16.2 Å². The maximum absolute atomic E-state index is 13.1. The van der Waals surface area contributed by atoms with Crippen LogP contribution in [-0.2, 0) is 13.0 Å². The molecular weight excluding hydrogens is 399 g/mol. The lowest BCUT2D eigenvalue weighted by molar-refractivity contribution is 0.312. The van der Waals surface area contributed by atoms with Crippen molar-refractivity contribution in [1.29, 1.82) is 0 Å². The van der Waals surface area contributed by atoms with Crippen LogP contribution in [0, 0.1) is 26.6 Å². The normalized spacial score (nSPS) is 10.8. The number of pyridine rings is 1. The fourth-order valence-electron chi connectivity index (χ4n) is 3.66. The summed E-state index contributed by atoms with van der Waals surface area (Å²) in [6.45, 7) is 7.65. The minimum absolute atomic E-state index is 0. The highest BCUT2D eigenvalue weighted by Gasteiger charge is 2.16. The number of rotatable bonds is 6. The van der Waals surface area contributed by atoms with Crippen LogP contribution in [0.1, 0.15) is 27.9 Å². The largest absolute Gasteiger partial charge is 0.476 e. The van der Waals surface area contributed by atoms with Crippen molar-refractivity contribution in [3.05, 3.63) is 94.6 Å². The number of fused-ring (bicyclic) bond motifs is 1. The third-order valence-corrected chi connectivity index (χ3v) is 5.52. The molecule has 3 nitrogen and oxygen atoms in total. The van der Waals surface area contributed by atoms with Gasteiger partial charge in [0.2, 0.25) is 5.88 Å². The van der Waals surface area contributed by atoms with Crippen LogP contribution >= 0.6 is 12.4 Å². The highest BCUT2D eigenvalue weighted by atomic mass is 35.5. The first-order chi connectivity index (χ1) is 14.0. The average molecular weight is 425 g/mol. The fraction of sp³-hybridized carbons (Fsp3) is 0.240. The van der Waals surface area contributed by atoms with Gasteiger partial charge in [-0.25, -0.2) is 9.37 Å². The second-order valence-electron chi connectivity index (χ2n) is 7.52. The lowest BCUT2D eigenvalue weighted by Crippen LogP contribution is -2.07. The van der Waals surface area contributed by atoms with E-state index in [4.69, 9.17) is 4.74 Å². The first-order valence-electron chi connectivity index (χ1n) is 9.90. The van der Waals surface area contributed by atoms with Gasteiger partial charge in [-0.1, -0.05) is 42.0 Å². The summed E-state index contributed by atoms with van der Waals surface area (Å²) in [7, 11) is 0. The number of aromatic nitrogens is 2. The van der Waals surface area contributed by atoms with E-state index < -0.39 is 0 Å². The number of halogens is 2. The van der Waals surface area contributed by atoms with Crippen molar-refractivity contribution in [2.24, 2.45) is 0 Å². The molecule has 4 rings (SSSR count). The molecule has 2 heterocycles. The summed E-state index contributed by atoms with van der Waals surface area (Å²) in [6, 6.07) is 17.2. The van der Waals surface area contributed by atoms with Gasteiger partial charge >= 0.3 is 0 Å². The Balaban J connectivity index is 0.00000256. The Bertz CT molecular complexity index is 1130. The summed E-state index contributed by atoms with van der Waals surface area (Å²) >= 11 is 0. The summed E-state index contributed by atoms with van der Waals surface area (Å²) in [5, 5.41) is 1.17. The highest BCUT2D eigenvalue weighted by Crippen LogP contribution is 2.31. The van der Waals surface area contributed by atoms with Crippen LogP contribution in [0.25, 0.3) is 10.9 Å². The quantitative estimate of drug-likeness (QED) is 0.369. The molecule has 0 spiro atoms. The molecule has 0 aliphatic heterocycles. The molecular formula is C25H26ClFN2O. The average Bonchev–Trinajstić information content (AvgIpc) is 2.97. The molecule has 0 atom stereocenters. The number of benzene rings is 2. The molecule has 0 aliphatic carbocycles. The second kappa shape index (κ2) is 9.31. The van der Waals surface area contributed by atoms with Crippen LogP contribution in [0.4, 0.5) is 4.39 Å². The highest BCUT2D eigenvalue weighted by molar-refractivity contribution is 5.89. The molecule has 0 N–H and O–H groups in total. The molecule has 0 radical (unpaired) electrons. The Kier molecular flexibility index (Phi) is 6.78. The van der Waals surface area contributed by atoms with Gasteiger partial charge in [0.25, 0.3) is 0 Å². The van der Waals surface area contributed by atoms with E-state index in [0.717, 1.165) is 17.6 Å². The van der Waals surface area contributed by atoms with Gasteiger partial charge in [0.15, 0.2) is 0 Å². The predicted molar refractivity (Wildman–Crippen MR) is 122 cm³/mol. The van der Waals surface area contributed by atoms with Gasteiger partial charge in [0.05, 0.1) is 6.61 Å². The molecule has 0 saturated carbocycles. The van der Waals surface area contributed by atoms with Crippen molar-refractivity contribution in [2.45, 2.75) is 33.7 Å². The molecule has 0 aliphatic rings. The van der Waals surface area contributed by atoms with E-state index in [-0.39, 0.29) is 18.2 Å². The van der Waals surface area contributed by atoms with Crippen molar-refractivity contribution in [3.8, 4) is 5.88 Å². The van der Waals surface area contributed by atoms with E-state index >= 15 is 0 Å². The molecule has 0 unspecified atom stereocenters. The fourth-order valence-corrected chi connectivity index (χ4v) is 3.66. The summed E-state index contributed by atoms with van der Waals surface area (Å²) < 4.78 is 21.5. The van der Waals surface area contributed by atoms with Crippen LogP contribution < -0.4 is 4.74 Å². The maximum atomic E-state index is 13.1. The first-order valence-corrected chi connectivity index (χ1v) is 9.90. The monoisotopic (exact) mass is 424 g/mol. The standard InChI is InChI=1S/C25H25FN2O.ClH/c1-17-4-6-21(7-5-17)16-28-19(3)18(2)23-12-14-27-25(24(23)28)29-15-13-20-8-10-22(26)11-9-20;/h4-12,14H,13,15-16H2,1-3H3;1H. The third kappa shape index (κ3) is 4.49. The van der Waals surface area contributed by atoms with Gasteiger partial charge in [-0.3, -0.25) is 0 Å². The predicted octanol–water partition coefficient (Wildman–Crippen LogP) is 6.19. The number of aryl methyl sites for hydroxylation is 2. The van der Waals surface area contributed by atoms with Gasteiger partial charge in [-0.2, -0.15) is 0 Å². The molecule has 2 aromatic heterocycles. The molecule has 30 heavy (non-hydrogen) atoms. The van der Waals surface area contributed by atoms with Gasteiger partial charge < -0.3 is 9.30 Å². The Morgan fingerprint density at radius 1 is 0.900 bits per heavy atom. The zero-order valence-corrected chi connectivity index (χ0v) is 18.3. The van der Waals surface area contributed by atoms with E-state index in [1.165, 1.54) is 39.9 Å². The lowest BCUT2D eigenvalue weighted by Gasteiger charge is -2.12. The van der Waals surface area contributed by atoms with Crippen molar-refractivity contribution >= 4 is 23.3 Å². The van der Waals surface area contributed by atoms with Crippen molar-refractivity contribution in [2.75, 3.05) is 6.61 Å². The van der Waals surface area contributed by atoms with E-state index in [0.29, 0.717) is 18.9 Å². The second-order valence-corrected chi connectivity index (χ2v) is 7.52. The molecule has 2 aromatic carbocycles. The minimum atomic E-state index is -0.221. The molecule has 0 saturated heterocycles. The SMILES string of the molecule is Cc1ccc(Cn2c(C)c(C)c3ccnc(OCCc4ccc(F)cc4)c32)cc1.Cl. The lowest BCUT2D eigenvalue weighted by atomic mass is 10.1. The zero-order valence-electron chi connectivity index (χ0n) is 17.5. The van der Waals surface area contributed by atoms with Gasteiger partial charge in [-0.05, 0) is 55.7 Å². The topological polar surface area (TPSA) is 27.1 Å². The molecule has 0 bridgehead atoms. The van der Waals surface area contributed by atoms with Crippen LogP contribution in [0.5, 0.6) is 5.88 Å². The molecule has 0 amide bonds. The third-order valence-electron chi connectivity index (χ3n) is 5.52. The molecule has 156 valence electrons. The van der Waals surface area contributed by atoms with Gasteiger partial charge in [-0.15, -0.1) is 12.4 Å². The van der Waals surface area contributed by atoms with Crippen LogP contribution in [0.3, 0.4) is 0 Å². The first kappa shape index (κ1) is 21.8. The van der Waals surface area contributed by atoms with E-state index in [9.17, 15) is 4.39 Å². The van der Waals surface area contributed by atoms with Crippen molar-refractivity contribution < 1.29 is 9.13 Å². The summed E-state index contributed by atoms with van der Waals surface area (Å²) in [6.07, 6.45) is 2.51. The smallest absolute Gasteiger partial charge is 0.238 e. The number of ether oxygens (including phenoxy) is 1. The van der Waals surface area contributed by atoms with E-state index in [1.807, 2.05) is 0 Å². The van der Waals surface area contributed by atoms with Crippen molar-refractivity contribution in [3.63, 3.8) is 0 Å². The Hall–Kier alpha value is -2.85. The Morgan fingerprint density at radius 2 is 1.57 bits per heavy atom. The van der Waals surface area contributed by atoms with Crippen LogP contribution in [0.15, 0.2) is 60.8 Å². The van der Waals surface area contributed by atoms with Crippen molar-refractivity contribution in [1.82, 2.24) is 9.55 Å². The van der Waals surface area contributed by atoms with Crippen LogP contribution in [0.2, 0.25) is 0 Å². The van der Waals surface area contributed by atoms with E-state index in [1.54, 1.807) is 18.3 Å². The van der Waals surface area contributed by atoms with Gasteiger partial charge in [0, 0.05) is 30.2 Å². The zero-order chi connectivity index (χ0) is 20.4. The molecule has 0 fully saturated rings. The van der Waals surface area contributed by atoms with Gasteiger partial charge in [0.1, 0.15) is 11.3 Å². The molecule has 5 heteroatoms.